The van der Waals surface area contributed by atoms with Crippen molar-refractivity contribution >= 4 is 46.4 Å². The Morgan fingerprint density at radius 1 is 1.44 bits per heavy atom. The predicted octanol–water partition coefficient (Wildman–Crippen LogP) is 3.23. The van der Waals surface area contributed by atoms with Gasteiger partial charge in [-0.25, -0.2) is 5.43 Å². The standard InChI is InChI=1S/C10H7ClN2OS2/c11-9-4-3-7(16-9)6-12-13-10(14)8-2-1-5-15-8/h1-6H,(H,13,14)/b12-6+. The third-order valence-corrected chi connectivity index (χ3v) is 3.73. The highest BCUT2D eigenvalue weighted by atomic mass is 35.5. The molecule has 0 aromatic carbocycles. The van der Waals surface area contributed by atoms with E-state index in [4.69, 9.17) is 11.6 Å². The van der Waals surface area contributed by atoms with Crippen molar-refractivity contribution in [1.82, 2.24) is 5.43 Å². The maximum absolute atomic E-state index is 11.5. The molecule has 2 heterocycles. The van der Waals surface area contributed by atoms with Gasteiger partial charge in [0, 0.05) is 4.88 Å². The van der Waals surface area contributed by atoms with Gasteiger partial charge in [0.25, 0.3) is 5.91 Å². The predicted molar refractivity (Wildman–Crippen MR) is 68.7 cm³/mol. The van der Waals surface area contributed by atoms with E-state index in [-0.39, 0.29) is 5.91 Å². The number of hydrogen-bond acceptors (Lipinski definition) is 4. The van der Waals surface area contributed by atoms with Gasteiger partial charge >= 0.3 is 0 Å². The summed E-state index contributed by atoms with van der Waals surface area (Å²) >= 11 is 8.54. The van der Waals surface area contributed by atoms with Crippen molar-refractivity contribution in [3.8, 4) is 0 Å². The minimum Gasteiger partial charge on any atom is -0.266 e. The molecule has 0 saturated heterocycles. The molecule has 1 amide bonds. The summed E-state index contributed by atoms with van der Waals surface area (Å²) in [5.41, 5.74) is 2.45. The van der Waals surface area contributed by atoms with Crippen molar-refractivity contribution < 1.29 is 4.79 Å². The summed E-state index contributed by atoms with van der Waals surface area (Å²) in [6.45, 7) is 0. The molecule has 6 heteroatoms. The first-order valence-electron chi connectivity index (χ1n) is 4.38. The number of hydrazone groups is 1. The van der Waals surface area contributed by atoms with Crippen LogP contribution in [0.3, 0.4) is 0 Å². The van der Waals surface area contributed by atoms with Gasteiger partial charge in [-0.3, -0.25) is 4.79 Å². The number of nitrogens with zero attached hydrogens (tertiary/aromatic N) is 1. The van der Waals surface area contributed by atoms with Crippen LogP contribution >= 0.6 is 34.3 Å². The maximum Gasteiger partial charge on any atom is 0.281 e. The molecule has 2 aromatic heterocycles. The van der Waals surface area contributed by atoms with Gasteiger partial charge in [-0.15, -0.1) is 22.7 Å². The van der Waals surface area contributed by atoms with Gasteiger partial charge in [0.05, 0.1) is 15.4 Å². The monoisotopic (exact) mass is 270 g/mol. The van der Waals surface area contributed by atoms with Crippen LogP contribution in [0.25, 0.3) is 0 Å². The van der Waals surface area contributed by atoms with E-state index in [1.54, 1.807) is 18.3 Å². The van der Waals surface area contributed by atoms with Gasteiger partial charge < -0.3 is 0 Å². The second-order valence-corrected chi connectivity index (χ2v) is 5.51. The Bertz CT molecular complexity index is 505. The molecule has 3 nitrogen and oxygen atoms in total. The van der Waals surface area contributed by atoms with Gasteiger partial charge in [-0.2, -0.15) is 5.10 Å². The summed E-state index contributed by atoms with van der Waals surface area (Å²) in [5, 5.41) is 5.69. The minimum atomic E-state index is -0.200. The number of thiophene rings is 2. The van der Waals surface area contributed by atoms with E-state index >= 15 is 0 Å². The molecule has 2 rings (SSSR count). The lowest BCUT2D eigenvalue weighted by atomic mass is 10.4. The fraction of sp³-hybridized carbons (Fsp3) is 0. The SMILES string of the molecule is O=C(N/N=C/c1ccc(Cl)s1)c1cccs1. The zero-order chi connectivity index (χ0) is 11.4. The highest BCUT2D eigenvalue weighted by molar-refractivity contribution is 7.17. The van der Waals surface area contributed by atoms with Gasteiger partial charge in [0.1, 0.15) is 0 Å². The first kappa shape index (κ1) is 11.3. The van der Waals surface area contributed by atoms with Crippen LogP contribution in [0.5, 0.6) is 0 Å². The number of carbonyl (C=O) groups excluding carboxylic acids is 1. The number of carbonyl (C=O) groups is 1. The molecule has 0 unspecified atom stereocenters. The van der Waals surface area contributed by atoms with E-state index in [0.29, 0.717) is 9.21 Å². The molecule has 1 N–H and O–H groups in total. The van der Waals surface area contributed by atoms with E-state index in [9.17, 15) is 4.79 Å². The first-order valence-corrected chi connectivity index (χ1v) is 6.45. The number of halogens is 1. The first-order chi connectivity index (χ1) is 7.75. The lowest BCUT2D eigenvalue weighted by molar-refractivity contribution is 0.0959. The van der Waals surface area contributed by atoms with Crippen LogP contribution in [0.4, 0.5) is 0 Å². The normalized spacial score (nSPS) is 10.8. The second-order valence-electron chi connectivity index (χ2n) is 2.82. The molecule has 16 heavy (non-hydrogen) atoms. The van der Waals surface area contributed by atoms with Crippen molar-refractivity contribution in [3.63, 3.8) is 0 Å². The van der Waals surface area contributed by atoms with Gasteiger partial charge in [0.15, 0.2) is 0 Å². The molecule has 0 atom stereocenters. The Labute approximate surface area is 105 Å². The van der Waals surface area contributed by atoms with Crippen molar-refractivity contribution in [2.45, 2.75) is 0 Å². The zero-order valence-electron chi connectivity index (χ0n) is 8.01. The summed E-state index contributed by atoms with van der Waals surface area (Å²) in [6.07, 6.45) is 1.57. The third kappa shape index (κ3) is 2.91. The average Bonchev–Trinajstić information content (AvgIpc) is 2.89. The summed E-state index contributed by atoms with van der Waals surface area (Å²) in [5.74, 6) is -0.200. The third-order valence-electron chi connectivity index (χ3n) is 1.70. The highest BCUT2D eigenvalue weighted by Crippen LogP contribution is 2.19. The number of nitrogens with one attached hydrogen (secondary N) is 1. The largest absolute Gasteiger partial charge is 0.281 e. The molecule has 0 spiro atoms. The molecule has 0 aliphatic carbocycles. The Hall–Kier alpha value is -1.17. The second kappa shape index (κ2) is 5.25. The Balaban J connectivity index is 1.93. The molecule has 0 saturated carbocycles. The van der Waals surface area contributed by atoms with E-state index in [0.717, 1.165) is 4.88 Å². The fourth-order valence-corrected chi connectivity index (χ4v) is 2.56. The Morgan fingerprint density at radius 3 is 2.94 bits per heavy atom. The van der Waals surface area contributed by atoms with Crippen LogP contribution < -0.4 is 5.43 Å². The summed E-state index contributed by atoms with van der Waals surface area (Å²) < 4.78 is 0.700. The minimum absolute atomic E-state index is 0.200. The van der Waals surface area contributed by atoms with Crippen molar-refractivity contribution in [3.05, 3.63) is 43.7 Å². The van der Waals surface area contributed by atoms with Crippen LogP contribution in [0.15, 0.2) is 34.7 Å². The van der Waals surface area contributed by atoms with Crippen molar-refractivity contribution in [2.75, 3.05) is 0 Å². The van der Waals surface area contributed by atoms with Crippen molar-refractivity contribution in [2.24, 2.45) is 5.10 Å². The highest BCUT2D eigenvalue weighted by Gasteiger charge is 2.03. The van der Waals surface area contributed by atoms with Crippen LogP contribution in [-0.4, -0.2) is 12.1 Å². The van der Waals surface area contributed by atoms with E-state index in [1.165, 1.54) is 22.7 Å². The molecular formula is C10H7ClN2OS2. The van der Waals surface area contributed by atoms with E-state index in [1.807, 2.05) is 17.5 Å². The molecular weight excluding hydrogens is 264 g/mol. The molecule has 0 aliphatic rings. The van der Waals surface area contributed by atoms with Crippen LogP contribution in [0, 0.1) is 0 Å². The molecule has 0 aliphatic heterocycles. The quantitative estimate of drug-likeness (QED) is 0.675. The summed E-state index contributed by atoms with van der Waals surface area (Å²) in [6, 6.07) is 7.20. The molecule has 0 radical (unpaired) electrons. The average molecular weight is 271 g/mol. The summed E-state index contributed by atoms with van der Waals surface area (Å²) in [4.78, 5) is 13.0. The number of amides is 1. The Morgan fingerprint density at radius 2 is 2.31 bits per heavy atom. The van der Waals surface area contributed by atoms with Crippen molar-refractivity contribution in [1.29, 1.82) is 0 Å². The molecule has 82 valence electrons. The van der Waals surface area contributed by atoms with E-state index in [2.05, 4.69) is 10.5 Å². The van der Waals surface area contributed by atoms with Crippen LogP contribution in [-0.2, 0) is 0 Å². The number of rotatable bonds is 3. The zero-order valence-corrected chi connectivity index (χ0v) is 10.4. The molecule has 0 fully saturated rings. The Kier molecular flexibility index (Phi) is 3.71. The lowest BCUT2D eigenvalue weighted by Crippen LogP contribution is -2.15. The lowest BCUT2D eigenvalue weighted by Gasteiger charge is -1.93. The van der Waals surface area contributed by atoms with Crippen LogP contribution in [0.1, 0.15) is 14.5 Å². The fourth-order valence-electron chi connectivity index (χ4n) is 1.02. The van der Waals surface area contributed by atoms with Gasteiger partial charge in [-0.1, -0.05) is 17.7 Å². The van der Waals surface area contributed by atoms with Crippen LogP contribution in [0.2, 0.25) is 4.34 Å². The van der Waals surface area contributed by atoms with E-state index < -0.39 is 0 Å². The topological polar surface area (TPSA) is 41.5 Å². The maximum atomic E-state index is 11.5. The molecule has 2 aromatic rings. The smallest absolute Gasteiger partial charge is 0.266 e. The van der Waals surface area contributed by atoms with Gasteiger partial charge in [-0.05, 0) is 23.6 Å². The number of hydrogen-bond donors (Lipinski definition) is 1. The summed E-state index contributed by atoms with van der Waals surface area (Å²) in [7, 11) is 0. The molecule has 0 bridgehead atoms. The van der Waals surface area contributed by atoms with Gasteiger partial charge in [0.2, 0.25) is 0 Å².